The molecule has 0 fully saturated rings. The lowest BCUT2D eigenvalue weighted by Gasteiger charge is -2.10. The van der Waals surface area contributed by atoms with Gasteiger partial charge in [-0.15, -0.1) is 17.9 Å². The average molecular weight is 413 g/mol. The highest BCUT2D eigenvalue weighted by Gasteiger charge is 2.21. The molecule has 8 heteroatoms. The van der Waals surface area contributed by atoms with E-state index in [0.29, 0.717) is 17.5 Å². The Morgan fingerprint density at radius 2 is 2.08 bits per heavy atom. The van der Waals surface area contributed by atoms with Crippen LogP contribution in [0.4, 0.5) is 0 Å². The molecular formula is C18H24N2O3S3. The van der Waals surface area contributed by atoms with Crippen LogP contribution in [-0.4, -0.2) is 35.2 Å². The van der Waals surface area contributed by atoms with Crippen LogP contribution >= 0.6 is 23.1 Å². The van der Waals surface area contributed by atoms with Gasteiger partial charge < -0.3 is 0 Å². The molecule has 0 bridgehead atoms. The topological polar surface area (TPSA) is 69.0 Å². The van der Waals surface area contributed by atoms with Crippen LogP contribution < -0.4 is 5.56 Å². The van der Waals surface area contributed by atoms with E-state index < -0.39 is 9.84 Å². The van der Waals surface area contributed by atoms with E-state index >= 15 is 0 Å². The van der Waals surface area contributed by atoms with Gasteiger partial charge in [0.2, 0.25) is 0 Å². The van der Waals surface area contributed by atoms with Crippen LogP contribution in [0.5, 0.6) is 0 Å². The molecule has 3 rings (SSSR count). The molecule has 5 nitrogen and oxygen atoms in total. The van der Waals surface area contributed by atoms with Gasteiger partial charge in [0.05, 0.1) is 11.1 Å². The largest absolute Gasteiger partial charge is 0.283 e. The Labute approximate surface area is 162 Å². The molecule has 0 saturated carbocycles. The summed E-state index contributed by atoms with van der Waals surface area (Å²) in [6.45, 7) is 5.78. The molecule has 1 aliphatic rings. The number of allylic oxidation sites excluding steroid dienone is 1. The summed E-state index contributed by atoms with van der Waals surface area (Å²) >= 11 is 2.97. The number of thiophene rings is 1. The molecule has 26 heavy (non-hydrogen) atoms. The highest BCUT2D eigenvalue weighted by molar-refractivity contribution is 8.00. The van der Waals surface area contributed by atoms with Crippen molar-refractivity contribution in [2.75, 3.05) is 17.3 Å². The fourth-order valence-corrected chi connectivity index (χ4v) is 6.80. The molecule has 0 N–H and O–H groups in total. The van der Waals surface area contributed by atoms with E-state index in [2.05, 4.69) is 6.58 Å². The molecule has 0 aromatic carbocycles. The van der Waals surface area contributed by atoms with E-state index in [0.717, 1.165) is 35.9 Å². The molecule has 2 aromatic rings. The molecule has 0 atom stereocenters. The Balaban J connectivity index is 2.01. The predicted molar refractivity (Wildman–Crippen MR) is 110 cm³/mol. The van der Waals surface area contributed by atoms with Gasteiger partial charge in [-0.05, 0) is 31.2 Å². The number of thioether (sulfide) groups is 1. The lowest BCUT2D eigenvalue weighted by atomic mass is 10.1. The van der Waals surface area contributed by atoms with E-state index in [1.807, 2.05) is 0 Å². The zero-order chi connectivity index (χ0) is 18.7. The van der Waals surface area contributed by atoms with Crippen molar-refractivity contribution in [2.45, 2.75) is 50.7 Å². The summed E-state index contributed by atoms with van der Waals surface area (Å²) in [6, 6.07) is 0. The molecular weight excluding hydrogens is 388 g/mol. The number of fused-ring (bicyclic) bond motifs is 3. The number of hydrogen-bond donors (Lipinski definition) is 0. The minimum absolute atomic E-state index is 0.0184. The number of hydrogen-bond acceptors (Lipinski definition) is 6. The van der Waals surface area contributed by atoms with Gasteiger partial charge in [0.1, 0.15) is 4.83 Å². The maximum absolute atomic E-state index is 13.2. The van der Waals surface area contributed by atoms with Gasteiger partial charge in [-0.2, -0.15) is 0 Å². The predicted octanol–water partition coefficient (Wildman–Crippen LogP) is 3.44. The second kappa shape index (κ2) is 8.27. The summed E-state index contributed by atoms with van der Waals surface area (Å²) in [5.74, 6) is 0.630. The molecule has 142 valence electrons. The van der Waals surface area contributed by atoms with Crippen LogP contribution in [0.2, 0.25) is 0 Å². The summed E-state index contributed by atoms with van der Waals surface area (Å²) in [7, 11) is -3.03. The molecule has 0 radical (unpaired) electrons. The monoisotopic (exact) mass is 412 g/mol. The van der Waals surface area contributed by atoms with Crippen LogP contribution in [0.15, 0.2) is 22.6 Å². The standard InChI is InChI=1S/C18H24N2O3S3/c1-3-10-20-17(21)15-13-8-6-5-7-9-14(13)25-16(15)19-18(20)24-11-12-26(22,23)4-2/h3H,1,4-12H2,2H3. The van der Waals surface area contributed by atoms with Crippen molar-refractivity contribution in [3.05, 3.63) is 33.4 Å². The Kier molecular flexibility index (Phi) is 6.25. The van der Waals surface area contributed by atoms with Crippen molar-refractivity contribution in [1.29, 1.82) is 0 Å². The summed E-state index contributed by atoms with van der Waals surface area (Å²) in [4.78, 5) is 20.0. The van der Waals surface area contributed by atoms with E-state index in [9.17, 15) is 13.2 Å². The zero-order valence-corrected chi connectivity index (χ0v) is 17.4. The summed E-state index contributed by atoms with van der Waals surface area (Å²) in [5, 5.41) is 1.35. The number of sulfone groups is 1. The second-order valence-corrected chi connectivity index (χ2v) is 11.0. The van der Waals surface area contributed by atoms with Crippen molar-refractivity contribution in [3.8, 4) is 0 Å². The fraction of sp³-hybridized carbons (Fsp3) is 0.556. The number of rotatable bonds is 7. The maximum Gasteiger partial charge on any atom is 0.263 e. The molecule has 0 spiro atoms. The second-order valence-electron chi connectivity index (χ2n) is 6.43. The first-order valence-corrected chi connectivity index (χ1v) is 12.6. The number of aromatic nitrogens is 2. The first-order chi connectivity index (χ1) is 12.5. The molecule has 2 aromatic heterocycles. The molecule has 1 aliphatic carbocycles. The fourth-order valence-electron chi connectivity index (χ4n) is 3.20. The van der Waals surface area contributed by atoms with Gasteiger partial charge in [-0.25, -0.2) is 13.4 Å². The van der Waals surface area contributed by atoms with Crippen LogP contribution in [-0.2, 0) is 29.2 Å². The van der Waals surface area contributed by atoms with Crippen LogP contribution in [0, 0.1) is 0 Å². The summed E-state index contributed by atoms with van der Waals surface area (Å²) in [6.07, 6.45) is 7.14. The van der Waals surface area contributed by atoms with Gasteiger partial charge in [0, 0.05) is 22.9 Å². The number of nitrogens with zero attached hydrogens (tertiary/aromatic N) is 2. The maximum atomic E-state index is 13.2. The van der Waals surface area contributed by atoms with E-state index in [1.165, 1.54) is 28.6 Å². The normalized spacial score (nSPS) is 15.0. The third-order valence-corrected chi connectivity index (χ3v) is 8.79. The van der Waals surface area contributed by atoms with Gasteiger partial charge >= 0.3 is 0 Å². The van der Waals surface area contributed by atoms with Crippen LogP contribution in [0.3, 0.4) is 0 Å². The minimum atomic E-state index is -3.03. The van der Waals surface area contributed by atoms with Crippen LogP contribution in [0.25, 0.3) is 10.2 Å². The average Bonchev–Trinajstić information content (AvgIpc) is 2.79. The van der Waals surface area contributed by atoms with Crippen molar-refractivity contribution < 1.29 is 8.42 Å². The van der Waals surface area contributed by atoms with Crippen LogP contribution in [0.1, 0.15) is 36.6 Å². The molecule has 2 heterocycles. The Hall–Kier alpha value is -1.12. The summed E-state index contributed by atoms with van der Waals surface area (Å²) in [5.41, 5.74) is 1.16. The highest BCUT2D eigenvalue weighted by Crippen LogP contribution is 2.34. The van der Waals surface area contributed by atoms with E-state index in [4.69, 9.17) is 4.98 Å². The summed E-state index contributed by atoms with van der Waals surface area (Å²) < 4.78 is 25.1. The molecule has 0 aliphatic heterocycles. The van der Waals surface area contributed by atoms with Crippen molar-refractivity contribution >= 4 is 43.2 Å². The lowest BCUT2D eigenvalue weighted by molar-refractivity contribution is 0.598. The lowest BCUT2D eigenvalue weighted by Crippen LogP contribution is -2.23. The Morgan fingerprint density at radius 3 is 2.81 bits per heavy atom. The third-order valence-electron chi connectivity index (χ3n) is 4.67. The van der Waals surface area contributed by atoms with Gasteiger partial charge in [0.25, 0.3) is 5.56 Å². The molecule has 0 unspecified atom stereocenters. The van der Waals surface area contributed by atoms with Crippen molar-refractivity contribution in [1.82, 2.24) is 9.55 Å². The van der Waals surface area contributed by atoms with Crippen molar-refractivity contribution in [2.24, 2.45) is 0 Å². The SMILES string of the molecule is C=CCn1c(SCCS(=O)(=O)CC)nc2sc3c(c2c1=O)CCCCC3. The number of aryl methyl sites for hydroxylation is 2. The molecule has 0 saturated heterocycles. The smallest absolute Gasteiger partial charge is 0.263 e. The van der Waals surface area contributed by atoms with Gasteiger partial charge in [-0.1, -0.05) is 31.2 Å². The Morgan fingerprint density at radius 1 is 1.31 bits per heavy atom. The van der Waals surface area contributed by atoms with E-state index in [1.54, 1.807) is 28.9 Å². The molecule has 0 amide bonds. The first kappa shape index (κ1) is 19.6. The Bertz CT molecular complexity index is 974. The van der Waals surface area contributed by atoms with Crippen molar-refractivity contribution in [3.63, 3.8) is 0 Å². The first-order valence-electron chi connectivity index (χ1n) is 8.96. The van der Waals surface area contributed by atoms with Gasteiger partial charge in [0.15, 0.2) is 15.0 Å². The minimum Gasteiger partial charge on any atom is -0.283 e. The van der Waals surface area contributed by atoms with Gasteiger partial charge in [-0.3, -0.25) is 9.36 Å². The zero-order valence-electron chi connectivity index (χ0n) is 15.0. The third kappa shape index (κ3) is 4.07. The highest BCUT2D eigenvalue weighted by atomic mass is 32.2. The van der Waals surface area contributed by atoms with E-state index in [-0.39, 0.29) is 17.1 Å². The quantitative estimate of drug-likeness (QED) is 0.302.